The molecule has 1 aromatic heterocycles. The maximum absolute atomic E-state index is 12.2. The van der Waals surface area contributed by atoms with E-state index in [1.807, 2.05) is 44.2 Å². The van der Waals surface area contributed by atoms with Gasteiger partial charge in [0.05, 0.1) is 5.56 Å². The summed E-state index contributed by atoms with van der Waals surface area (Å²) >= 11 is 3.32. The van der Waals surface area contributed by atoms with E-state index in [1.54, 1.807) is 30.3 Å². The second kappa shape index (κ2) is 7.70. The Hall–Kier alpha value is -2.66. The first kappa shape index (κ1) is 18.1. The van der Waals surface area contributed by atoms with Gasteiger partial charge in [0.15, 0.2) is 12.4 Å². The van der Waals surface area contributed by atoms with Crippen molar-refractivity contribution in [2.75, 3.05) is 6.61 Å². The van der Waals surface area contributed by atoms with Crippen molar-refractivity contribution >= 4 is 27.7 Å². The molecule has 0 atom stereocenters. The van der Waals surface area contributed by atoms with Gasteiger partial charge in [-0.2, -0.15) is 0 Å². The fourth-order valence-corrected chi connectivity index (χ4v) is 3.18. The lowest BCUT2D eigenvalue weighted by Gasteiger charge is -2.10. The van der Waals surface area contributed by atoms with Gasteiger partial charge >= 0.3 is 5.97 Å². The number of carbonyl (C=O) groups is 2. The molecule has 0 unspecified atom stereocenters. The van der Waals surface area contributed by atoms with Crippen LogP contribution in [0.1, 0.15) is 32.1 Å². The lowest BCUT2D eigenvalue weighted by Crippen LogP contribution is -2.14. The molecule has 3 aromatic rings. The van der Waals surface area contributed by atoms with E-state index in [9.17, 15) is 9.59 Å². The molecule has 0 aliphatic heterocycles. The van der Waals surface area contributed by atoms with Crippen LogP contribution >= 0.6 is 15.9 Å². The Kier molecular flexibility index (Phi) is 5.38. The molecule has 2 aromatic carbocycles. The van der Waals surface area contributed by atoms with Crippen molar-refractivity contribution in [3.05, 3.63) is 87.7 Å². The summed E-state index contributed by atoms with van der Waals surface area (Å²) in [5.74, 6) is -0.754. The minimum absolute atomic E-state index is 0.241. The zero-order valence-electron chi connectivity index (χ0n) is 14.5. The van der Waals surface area contributed by atoms with Crippen LogP contribution in [0.15, 0.2) is 65.1 Å². The van der Waals surface area contributed by atoms with Crippen molar-refractivity contribution < 1.29 is 14.3 Å². The number of ketones is 1. The third-order valence-electron chi connectivity index (χ3n) is 4.11. The molecule has 4 nitrogen and oxygen atoms in total. The minimum Gasteiger partial charge on any atom is -0.454 e. The highest BCUT2D eigenvalue weighted by molar-refractivity contribution is 9.10. The van der Waals surface area contributed by atoms with E-state index < -0.39 is 5.97 Å². The lowest BCUT2D eigenvalue weighted by molar-refractivity contribution is 0.0475. The topological polar surface area (TPSA) is 48.3 Å². The van der Waals surface area contributed by atoms with Gasteiger partial charge in [0, 0.05) is 27.1 Å². The molecular weight excluding hydrogens is 394 g/mol. The summed E-state index contributed by atoms with van der Waals surface area (Å²) < 4.78 is 8.06. The summed E-state index contributed by atoms with van der Waals surface area (Å²) in [6.07, 6.45) is 0. The van der Waals surface area contributed by atoms with E-state index in [0.717, 1.165) is 21.5 Å². The first-order valence-electron chi connectivity index (χ1n) is 8.17. The maximum atomic E-state index is 12.2. The second-order valence-electron chi connectivity index (χ2n) is 6.01. The summed E-state index contributed by atoms with van der Waals surface area (Å²) in [5, 5.41) is 0. The van der Waals surface area contributed by atoms with Gasteiger partial charge in [-0.15, -0.1) is 0 Å². The van der Waals surface area contributed by atoms with Gasteiger partial charge in [-0.3, -0.25) is 4.79 Å². The number of Topliss-reactive ketones (excluding diaryl/α,β-unsaturated/α-hetero) is 1. The van der Waals surface area contributed by atoms with Gasteiger partial charge in [-0.05, 0) is 62.4 Å². The molecule has 0 amide bonds. The number of benzene rings is 2. The van der Waals surface area contributed by atoms with Crippen LogP contribution in [0.2, 0.25) is 0 Å². The Bertz CT molecular complexity index is 938. The van der Waals surface area contributed by atoms with Crippen molar-refractivity contribution in [2.45, 2.75) is 13.8 Å². The van der Waals surface area contributed by atoms with Gasteiger partial charge in [0.1, 0.15) is 0 Å². The fraction of sp³-hybridized carbons (Fsp3) is 0.143. The van der Waals surface area contributed by atoms with E-state index in [2.05, 4.69) is 20.5 Å². The Labute approximate surface area is 160 Å². The number of rotatable bonds is 5. The van der Waals surface area contributed by atoms with Crippen molar-refractivity contribution in [1.82, 2.24) is 4.57 Å². The van der Waals surface area contributed by atoms with Gasteiger partial charge in [0.2, 0.25) is 0 Å². The van der Waals surface area contributed by atoms with E-state index in [4.69, 9.17) is 4.74 Å². The van der Waals surface area contributed by atoms with Gasteiger partial charge in [-0.25, -0.2) is 4.79 Å². The van der Waals surface area contributed by atoms with E-state index in [1.165, 1.54) is 0 Å². The first-order valence-corrected chi connectivity index (χ1v) is 8.96. The first-order chi connectivity index (χ1) is 12.5. The molecule has 0 radical (unpaired) electrons. The largest absolute Gasteiger partial charge is 0.454 e. The molecule has 0 saturated heterocycles. The summed E-state index contributed by atoms with van der Waals surface area (Å²) in [5.41, 5.74) is 4.14. The Morgan fingerprint density at radius 2 is 1.58 bits per heavy atom. The van der Waals surface area contributed by atoms with E-state index >= 15 is 0 Å². The quantitative estimate of drug-likeness (QED) is 0.443. The van der Waals surface area contributed by atoms with Crippen molar-refractivity contribution in [2.24, 2.45) is 0 Å². The van der Waals surface area contributed by atoms with Crippen molar-refractivity contribution in [3.63, 3.8) is 0 Å². The molecule has 132 valence electrons. The highest BCUT2D eigenvalue weighted by atomic mass is 79.9. The van der Waals surface area contributed by atoms with Crippen LogP contribution in [0.5, 0.6) is 0 Å². The standard InChI is InChI=1S/C21H18BrNO3/c1-14-6-7-15(2)23(14)19-10-8-16(9-11-19)21(25)26-13-20(24)17-4-3-5-18(22)12-17/h3-12H,13H2,1-2H3. The molecule has 1 heterocycles. The van der Waals surface area contributed by atoms with Crippen molar-refractivity contribution in [1.29, 1.82) is 0 Å². The highest BCUT2D eigenvalue weighted by Crippen LogP contribution is 2.17. The number of aromatic nitrogens is 1. The predicted molar refractivity (Wildman–Crippen MR) is 104 cm³/mol. The maximum Gasteiger partial charge on any atom is 0.338 e. The molecule has 5 heteroatoms. The molecule has 0 spiro atoms. The zero-order chi connectivity index (χ0) is 18.7. The molecule has 3 rings (SSSR count). The van der Waals surface area contributed by atoms with Crippen LogP contribution in [0.25, 0.3) is 5.69 Å². The smallest absolute Gasteiger partial charge is 0.338 e. The summed E-state index contributed by atoms with van der Waals surface area (Å²) in [6.45, 7) is 3.78. The number of carbonyl (C=O) groups excluding carboxylic acids is 2. The lowest BCUT2D eigenvalue weighted by atomic mass is 10.1. The van der Waals surface area contributed by atoms with Crippen LogP contribution in [-0.4, -0.2) is 22.9 Å². The average Bonchev–Trinajstić information content (AvgIpc) is 2.98. The monoisotopic (exact) mass is 411 g/mol. The Morgan fingerprint density at radius 1 is 0.923 bits per heavy atom. The minimum atomic E-state index is -0.513. The van der Waals surface area contributed by atoms with Crippen LogP contribution in [0.4, 0.5) is 0 Å². The van der Waals surface area contributed by atoms with Gasteiger partial charge in [-0.1, -0.05) is 28.1 Å². The molecule has 26 heavy (non-hydrogen) atoms. The third kappa shape index (κ3) is 3.94. The number of halogens is 1. The number of aryl methyl sites for hydroxylation is 2. The number of ether oxygens (including phenoxy) is 1. The fourth-order valence-electron chi connectivity index (χ4n) is 2.78. The molecule has 0 N–H and O–H groups in total. The highest BCUT2D eigenvalue weighted by Gasteiger charge is 2.13. The third-order valence-corrected chi connectivity index (χ3v) is 4.61. The van der Waals surface area contributed by atoms with Crippen LogP contribution in [0, 0.1) is 13.8 Å². The summed E-state index contributed by atoms with van der Waals surface area (Å²) in [6, 6.07) is 18.2. The number of hydrogen-bond donors (Lipinski definition) is 0. The number of nitrogens with zero attached hydrogens (tertiary/aromatic N) is 1. The van der Waals surface area contributed by atoms with Gasteiger partial charge in [0.25, 0.3) is 0 Å². The molecular formula is C21H18BrNO3. The second-order valence-corrected chi connectivity index (χ2v) is 6.92. The molecule has 0 bridgehead atoms. The van der Waals surface area contributed by atoms with E-state index in [-0.39, 0.29) is 12.4 Å². The Balaban J connectivity index is 1.66. The molecule has 0 fully saturated rings. The van der Waals surface area contributed by atoms with Crippen LogP contribution in [0.3, 0.4) is 0 Å². The van der Waals surface area contributed by atoms with Crippen LogP contribution < -0.4 is 0 Å². The van der Waals surface area contributed by atoms with Gasteiger partial charge < -0.3 is 9.30 Å². The zero-order valence-corrected chi connectivity index (χ0v) is 16.1. The van der Waals surface area contributed by atoms with Crippen LogP contribution in [-0.2, 0) is 4.74 Å². The summed E-state index contributed by atoms with van der Waals surface area (Å²) in [7, 11) is 0. The Morgan fingerprint density at radius 3 is 2.19 bits per heavy atom. The SMILES string of the molecule is Cc1ccc(C)n1-c1ccc(C(=O)OCC(=O)c2cccc(Br)c2)cc1. The normalized spacial score (nSPS) is 10.6. The molecule has 0 aliphatic rings. The number of esters is 1. The van der Waals surface area contributed by atoms with Crippen molar-refractivity contribution in [3.8, 4) is 5.69 Å². The molecule has 0 saturated carbocycles. The summed E-state index contributed by atoms with van der Waals surface area (Å²) in [4.78, 5) is 24.3. The predicted octanol–water partition coefficient (Wildman–Crippen LogP) is 4.90. The number of hydrogen-bond acceptors (Lipinski definition) is 3. The molecule has 0 aliphatic carbocycles. The average molecular weight is 412 g/mol. The van der Waals surface area contributed by atoms with E-state index in [0.29, 0.717) is 11.1 Å².